The molecule has 1 fully saturated rings. The molecular formula is C20H31N3O3. The zero-order valence-electron chi connectivity index (χ0n) is 16.3. The number of hydrogen-bond acceptors (Lipinski definition) is 4. The highest BCUT2D eigenvalue weighted by atomic mass is 16.5. The van der Waals surface area contributed by atoms with Crippen LogP contribution in [0.15, 0.2) is 18.2 Å². The van der Waals surface area contributed by atoms with Crippen molar-refractivity contribution < 1.29 is 14.3 Å². The van der Waals surface area contributed by atoms with Crippen molar-refractivity contribution in [3.05, 3.63) is 23.8 Å². The molecule has 2 unspecified atom stereocenters. The van der Waals surface area contributed by atoms with Gasteiger partial charge in [-0.1, -0.05) is 0 Å². The summed E-state index contributed by atoms with van der Waals surface area (Å²) in [6, 6.07) is 6.07. The van der Waals surface area contributed by atoms with E-state index in [1.165, 1.54) is 0 Å². The summed E-state index contributed by atoms with van der Waals surface area (Å²) in [4.78, 5) is 26.7. The zero-order chi connectivity index (χ0) is 19.1. The fourth-order valence-electron chi connectivity index (χ4n) is 3.13. The molecule has 0 bridgehead atoms. The van der Waals surface area contributed by atoms with Crippen LogP contribution in [0.2, 0.25) is 0 Å². The minimum Gasteiger partial charge on any atom is -0.385 e. The van der Waals surface area contributed by atoms with Gasteiger partial charge in [0.1, 0.15) is 0 Å². The van der Waals surface area contributed by atoms with E-state index in [0.29, 0.717) is 19.6 Å². The standard InChI is InChI=1S/C20H31N3O3/c1-5-23(6-2)15-8-9-18(14(3)12-15)22-20(25)17-13-16(17)19(24)21-10-7-11-26-4/h8-9,12,16-17H,5-7,10-11,13H2,1-4H3,(H,21,24)(H,22,25). The molecule has 6 heteroatoms. The maximum atomic E-state index is 12.4. The lowest BCUT2D eigenvalue weighted by atomic mass is 10.1. The predicted molar refractivity (Wildman–Crippen MR) is 104 cm³/mol. The predicted octanol–water partition coefficient (Wildman–Crippen LogP) is 2.57. The average molecular weight is 361 g/mol. The van der Waals surface area contributed by atoms with Crippen molar-refractivity contribution >= 4 is 23.2 Å². The van der Waals surface area contributed by atoms with Crippen LogP contribution in [-0.2, 0) is 14.3 Å². The summed E-state index contributed by atoms with van der Waals surface area (Å²) in [5.74, 6) is -0.525. The van der Waals surface area contributed by atoms with E-state index >= 15 is 0 Å². The first-order chi connectivity index (χ1) is 12.5. The van der Waals surface area contributed by atoms with Crippen molar-refractivity contribution in [2.45, 2.75) is 33.6 Å². The Kier molecular flexibility index (Phi) is 7.45. The first kappa shape index (κ1) is 20.2. The lowest BCUT2D eigenvalue weighted by molar-refractivity contribution is -0.125. The number of ether oxygens (including phenoxy) is 1. The van der Waals surface area contributed by atoms with Crippen molar-refractivity contribution in [3.63, 3.8) is 0 Å². The van der Waals surface area contributed by atoms with E-state index in [1.807, 2.05) is 19.1 Å². The summed E-state index contributed by atoms with van der Waals surface area (Å²) < 4.78 is 4.96. The van der Waals surface area contributed by atoms with Crippen LogP contribution in [0.3, 0.4) is 0 Å². The van der Waals surface area contributed by atoms with Crippen LogP contribution in [0.5, 0.6) is 0 Å². The molecule has 6 nitrogen and oxygen atoms in total. The molecule has 0 aliphatic heterocycles. The van der Waals surface area contributed by atoms with E-state index in [-0.39, 0.29) is 23.7 Å². The second-order valence-electron chi connectivity index (χ2n) is 6.75. The number of benzene rings is 1. The molecule has 144 valence electrons. The van der Waals surface area contributed by atoms with Gasteiger partial charge in [-0.3, -0.25) is 9.59 Å². The number of rotatable bonds is 10. The molecule has 2 atom stereocenters. The normalized spacial score (nSPS) is 18.3. The maximum absolute atomic E-state index is 12.4. The molecule has 0 heterocycles. The Labute approximate surface area is 156 Å². The third-order valence-corrected chi connectivity index (χ3v) is 4.88. The van der Waals surface area contributed by atoms with Gasteiger partial charge in [-0.05, 0) is 57.4 Å². The number of aryl methyl sites for hydroxylation is 1. The van der Waals surface area contributed by atoms with Crippen LogP contribution in [0.4, 0.5) is 11.4 Å². The molecule has 1 aliphatic rings. The van der Waals surface area contributed by atoms with Gasteiger partial charge in [-0.15, -0.1) is 0 Å². The van der Waals surface area contributed by atoms with E-state index in [1.54, 1.807) is 7.11 Å². The Morgan fingerprint density at radius 1 is 1.19 bits per heavy atom. The largest absolute Gasteiger partial charge is 0.385 e. The third-order valence-electron chi connectivity index (χ3n) is 4.88. The molecule has 1 aromatic carbocycles. The van der Waals surface area contributed by atoms with Crippen LogP contribution in [0.1, 0.15) is 32.3 Å². The molecular weight excluding hydrogens is 330 g/mol. The van der Waals surface area contributed by atoms with E-state index in [0.717, 1.165) is 36.4 Å². The lowest BCUT2D eigenvalue weighted by Crippen LogP contribution is -2.28. The number of nitrogens with zero attached hydrogens (tertiary/aromatic N) is 1. The molecule has 2 rings (SSSR count). The SMILES string of the molecule is CCN(CC)c1ccc(NC(=O)C2CC2C(=O)NCCCOC)c(C)c1. The molecule has 1 aromatic rings. The van der Waals surface area contributed by atoms with Gasteiger partial charge in [-0.25, -0.2) is 0 Å². The first-order valence-electron chi connectivity index (χ1n) is 9.44. The lowest BCUT2D eigenvalue weighted by Gasteiger charge is -2.22. The van der Waals surface area contributed by atoms with E-state index in [2.05, 4.69) is 35.4 Å². The Morgan fingerprint density at radius 3 is 2.50 bits per heavy atom. The van der Waals surface area contributed by atoms with Crippen molar-refractivity contribution in [2.75, 3.05) is 43.6 Å². The molecule has 2 N–H and O–H groups in total. The first-order valence-corrected chi connectivity index (χ1v) is 9.44. The monoisotopic (exact) mass is 361 g/mol. The molecule has 0 aromatic heterocycles. The molecule has 0 spiro atoms. The van der Waals surface area contributed by atoms with E-state index in [9.17, 15) is 9.59 Å². The number of amides is 2. The smallest absolute Gasteiger partial charge is 0.228 e. The van der Waals surface area contributed by atoms with Gasteiger partial charge in [0.25, 0.3) is 0 Å². The van der Waals surface area contributed by atoms with Crippen molar-refractivity contribution in [3.8, 4) is 0 Å². The van der Waals surface area contributed by atoms with Crippen molar-refractivity contribution in [2.24, 2.45) is 11.8 Å². The highest BCUT2D eigenvalue weighted by Crippen LogP contribution is 2.39. The Morgan fingerprint density at radius 2 is 1.88 bits per heavy atom. The molecule has 1 saturated carbocycles. The van der Waals surface area contributed by atoms with E-state index < -0.39 is 0 Å². The summed E-state index contributed by atoms with van der Waals surface area (Å²) in [6.45, 7) is 9.36. The van der Waals surface area contributed by atoms with E-state index in [4.69, 9.17) is 4.74 Å². The van der Waals surface area contributed by atoms with Gasteiger partial charge in [0.15, 0.2) is 0 Å². The highest BCUT2D eigenvalue weighted by molar-refractivity contribution is 6.00. The third kappa shape index (κ3) is 5.21. The summed E-state index contributed by atoms with van der Waals surface area (Å²) >= 11 is 0. The summed E-state index contributed by atoms with van der Waals surface area (Å²) in [6.07, 6.45) is 1.41. The van der Waals surface area contributed by atoms with Gasteiger partial charge in [0.2, 0.25) is 11.8 Å². The molecule has 0 radical (unpaired) electrons. The van der Waals surface area contributed by atoms with Crippen LogP contribution < -0.4 is 15.5 Å². The fraction of sp³-hybridized carbons (Fsp3) is 0.600. The number of anilines is 2. The minimum atomic E-state index is -0.223. The number of nitrogens with one attached hydrogen (secondary N) is 2. The Balaban J connectivity index is 1.86. The second-order valence-corrected chi connectivity index (χ2v) is 6.75. The van der Waals surface area contributed by atoms with Crippen LogP contribution >= 0.6 is 0 Å². The summed E-state index contributed by atoms with van der Waals surface area (Å²) in [5.41, 5.74) is 3.01. The van der Waals surface area contributed by atoms with Crippen LogP contribution in [-0.4, -0.2) is 45.2 Å². The number of hydrogen-bond donors (Lipinski definition) is 2. The summed E-state index contributed by atoms with van der Waals surface area (Å²) in [7, 11) is 1.64. The Bertz CT molecular complexity index is 629. The van der Waals surface area contributed by atoms with Crippen molar-refractivity contribution in [1.29, 1.82) is 0 Å². The van der Waals surface area contributed by atoms with Gasteiger partial charge >= 0.3 is 0 Å². The second kappa shape index (κ2) is 9.57. The number of carbonyl (C=O) groups excluding carboxylic acids is 2. The van der Waals surface area contributed by atoms with Gasteiger partial charge in [0.05, 0.1) is 11.8 Å². The van der Waals surface area contributed by atoms with Crippen LogP contribution in [0.25, 0.3) is 0 Å². The minimum absolute atomic E-state index is 0.0325. The molecule has 0 saturated heterocycles. The Hall–Kier alpha value is -2.08. The quantitative estimate of drug-likeness (QED) is 0.629. The highest BCUT2D eigenvalue weighted by Gasteiger charge is 2.47. The van der Waals surface area contributed by atoms with Gasteiger partial charge < -0.3 is 20.3 Å². The molecule has 1 aliphatic carbocycles. The fourth-order valence-corrected chi connectivity index (χ4v) is 3.13. The number of methoxy groups -OCH3 is 1. The zero-order valence-corrected chi connectivity index (χ0v) is 16.3. The van der Waals surface area contributed by atoms with Crippen molar-refractivity contribution in [1.82, 2.24) is 5.32 Å². The topological polar surface area (TPSA) is 70.7 Å². The molecule has 2 amide bonds. The van der Waals surface area contributed by atoms with Gasteiger partial charge in [-0.2, -0.15) is 0 Å². The molecule has 26 heavy (non-hydrogen) atoms. The number of carbonyl (C=O) groups is 2. The summed E-state index contributed by atoms with van der Waals surface area (Å²) in [5, 5.41) is 5.85. The average Bonchev–Trinajstić information content (AvgIpc) is 3.43. The van der Waals surface area contributed by atoms with Crippen LogP contribution in [0, 0.1) is 18.8 Å². The maximum Gasteiger partial charge on any atom is 0.228 e. The van der Waals surface area contributed by atoms with Gasteiger partial charge in [0, 0.05) is 44.7 Å².